The van der Waals surface area contributed by atoms with E-state index in [-0.39, 0.29) is 5.78 Å². The van der Waals surface area contributed by atoms with E-state index in [9.17, 15) is 4.79 Å². The number of rotatable bonds is 4. The fourth-order valence-corrected chi connectivity index (χ4v) is 0.691. The van der Waals surface area contributed by atoms with Crippen LogP contribution in [0.5, 0.6) is 0 Å². The highest BCUT2D eigenvalue weighted by Gasteiger charge is 2.05. The van der Waals surface area contributed by atoms with Crippen molar-refractivity contribution in [2.45, 2.75) is 12.8 Å². The molecule has 1 aromatic heterocycles. The summed E-state index contributed by atoms with van der Waals surface area (Å²) in [6, 6.07) is 0. The maximum absolute atomic E-state index is 11.1. The van der Waals surface area contributed by atoms with Crippen LogP contribution in [-0.4, -0.2) is 21.0 Å². The predicted octanol–water partition coefficient (Wildman–Crippen LogP) is 0.954. The SMILES string of the molecule is C=CCCC(=O)c1ncn[nH]1. The number of ketones is 1. The van der Waals surface area contributed by atoms with Crippen molar-refractivity contribution in [3.05, 3.63) is 24.8 Å². The highest BCUT2D eigenvalue weighted by molar-refractivity contribution is 5.92. The lowest BCUT2D eigenvalue weighted by molar-refractivity contribution is 0.0974. The highest BCUT2D eigenvalue weighted by atomic mass is 16.1. The molecule has 0 unspecified atom stereocenters. The number of allylic oxidation sites excluding steroid dienone is 1. The van der Waals surface area contributed by atoms with E-state index >= 15 is 0 Å². The molecule has 0 saturated carbocycles. The Balaban J connectivity index is 2.49. The molecular weight excluding hydrogens is 142 g/mol. The average molecular weight is 151 g/mol. The van der Waals surface area contributed by atoms with Crippen LogP contribution in [0.1, 0.15) is 23.5 Å². The van der Waals surface area contributed by atoms with E-state index in [1.807, 2.05) is 0 Å². The molecule has 0 fully saturated rings. The standard InChI is InChI=1S/C7H9N3O/c1-2-3-4-6(11)7-8-5-9-10-7/h2,5H,1,3-4H2,(H,8,9,10). The molecule has 1 rings (SSSR count). The quantitative estimate of drug-likeness (QED) is 0.515. The van der Waals surface area contributed by atoms with Gasteiger partial charge in [-0.05, 0) is 6.42 Å². The number of nitrogens with zero attached hydrogens (tertiary/aromatic N) is 2. The smallest absolute Gasteiger partial charge is 0.199 e. The molecule has 0 aliphatic carbocycles. The molecule has 1 N–H and O–H groups in total. The first-order valence-electron chi connectivity index (χ1n) is 3.34. The number of hydrogen-bond acceptors (Lipinski definition) is 3. The topological polar surface area (TPSA) is 58.6 Å². The summed E-state index contributed by atoms with van der Waals surface area (Å²) >= 11 is 0. The van der Waals surface area contributed by atoms with Gasteiger partial charge in [0, 0.05) is 6.42 Å². The molecule has 11 heavy (non-hydrogen) atoms. The Morgan fingerprint density at radius 1 is 1.82 bits per heavy atom. The Bertz CT molecular complexity index is 240. The van der Waals surface area contributed by atoms with Crippen LogP contribution in [0.15, 0.2) is 19.0 Å². The van der Waals surface area contributed by atoms with Crippen molar-refractivity contribution < 1.29 is 4.79 Å². The monoisotopic (exact) mass is 151 g/mol. The minimum Gasteiger partial charge on any atom is -0.291 e. The van der Waals surface area contributed by atoms with Crippen molar-refractivity contribution in [2.75, 3.05) is 0 Å². The molecule has 4 nitrogen and oxygen atoms in total. The number of aromatic amines is 1. The maximum Gasteiger partial charge on any atom is 0.199 e. The van der Waals surface area contributed by atoms with E-state index in [0.717, 1.165) is 0 Å². The van der Waals surface area contributed by atoms with Crippen molar-refractivity contribution in [1.29, 1.82) is 0 Å². The molecule has 0 atom stereocenters. The van der Waals surface area contributed by atoms with Crippen LogP contribution in [0.3, 0.4) is 0 Å². The van der Waals surface area contributed by atoms with Crippen molar-refractivity contribution in [3.8, 4) is 0 Å². The first-order valence-corrected chi connectivity index (χ1v) is 3.34. The first-order chi connectivity index (χ1) is 5.34. The molecule has 0 spiro atoms. The van der Waals surface area contributed by atoms with Gasteiger partial charge in [0.05, 0.1) is 0 Å². The van der Waals surface area contributed by atoms with Gasteiger partial charge in [0.25, 0.3) is 0 Å². The Morgan fingerprint density at radius 3 is 3.18 bits per heavy atom. The highest BCUT2D eigenvalue weighted by Crippen LogP contribution is 1.97. The lowest BCUT2D eigenvalue weighted by Crippen LogP contribution is -2.00. The second-order valence-corrected chi connectivity index (χ2v) is 2.08. The number of aromatic nitrogens is 3. The lowest BCUT2D eigenvalue weighted by atomic mass is 10.2. The van der Waals surface area contributed by atoms with E-state index in [0.29, 0.717) is 18.7 Å². The van der Waals surface area contributed by atoms with E-state index in [1.165, 1.54) is 6.33 Å². The van der Waals surface area contributed by atoms with Crippen LogP contribution < -0.4 is 0 Å². The van der Waals surface area contributed by atoms with Gasteiger partial charge in [0.2, 0.25) is 0 Å². The summed E-state index contributed by atoms with van der Waals surface area (Å²) in [4.78, 5) is 14.8. The third kappa shape index (κ3) is 2.00. The number of Topliss-reactive ketones (excluding diaryl/α,β-unsaturated/α-hetero) is 1. The van der Waals surface area contributed by atoms with Gasteiger partial charge in [0.1, 0.15) is 6.33 Å². The molecule has 1 aromatic rings. The summed E-state index contributed by atoms with van der Waals surface area (Å²) < 4.78 is 0. The summed E-state index contributed by atoms with van der Waals surface area (Å²) in [6.45, 7) is 3.52. The third-order valence-corrected chi connectivity index (χ3v) is 1.25. The van der Waals surface area contributed by atoms with Gasteiger partial charge in [-0.3, -0.25) is 9.89 Å². The van der Waals surface area contributed by atoms with Crippen LogP contribution >= 0.6 is 0 Å². The van der Waals surface area contributed by atoms with Crippen LogP contribution in [0, 0.1) is 0 Å². The lowest BCUT2D eigenvalue weighted by Gasteiger charge is -1.90. The minimum atomic E-state index is -0.0256. The Hall–Kier alpha value is -1.45. The summed E-state index contributed by atoms with van der Waals surface area (Å²) in [5.74, 6) is 0.300. The number of carbonyl (C=O) groups is 1. The average Bonchev–Trinajstić information content (AvgIpc) is 2.52. The van der Waals surface area contributed by atoms with Crippen molar-refractivity contribution in [1.82, 2.24) is 15.2 Å². The fourth-order valence-electron chi connectivity index (χ4n) is 0.691. The Kier molecular flexibility index (Phi) is 2.54. The maximum atomic E-state index is 11.1. The molecule has 58 valence electrons. The molecule has 0 bridgehead atoms. The van der Waals surface area contributed by atoms with Crippen LogP contribution in [0.2, 0.25) is 0 Å². The molecule has 0 aliphatic rings. The van der Waals surface area contributed by atoms with E-state index in [2.05, 4.69) is 21.8 Å². The molecule has 0 amide bonds. The number of hydrogen-bond donors (Lipinski definition) is 1. The van der Waals surface area contributed by atoms with Gasteiger partial charge in [-0.15, -0.1) is 6.58 Å². The van der Waals surface area contributed by atoms with Gasteiger partial charge in [0.15, 0.2) is 11.6 Å². The summed E-state index contributed by atoms with van der Waals surface area (Å²) in [6.07, 6.45) is 4.15. The van der Waals surface area contributed by atoms with Crippen molar-refractivity contribution in [2.24, 2.45) is 0 Å². The van der Waals surface area contributed by atoms with E-state index in [1.54, 1.807) is 6.08 Å². The second-order valence-electron chi connectivity index (χ2n) is 2.08. The third-order valence-electron chi connectivity index (χ3n) is 1.25. The van der Waals surface area contributed by atoms with Gasteiger partial charge in [-0.1, -0.05) is 6.08 Å². The van der Waals surface area contributed by atoms with Gasteiger partial charge >= 0.3 is 0 Å². The number of H-pyrrole nitrogens is 1. The minimum absolute atomic E-state index is 0.0256. The molecular formula is C7H9N3O. The molecule has 4 heteroatoms. The second kappa shape index (κ2) is 3.65. The van der Waals surface area contributed by atoms with Gasteiger partial charge in [-0.2, -0.15) is 5.10 Å². The normalized spacial score (nSPS) is 9.45. The molecule has 0 aliphatic heterocycles. The fraction of sp³-hybridized carbons (Fsp3) is 0.286. The van der Waals surface area contributed by atoms with E-state index < -0.39 is 0 Å². The van der Waals surface area contributed by atoms with Crippen molar-refractivity contribution in [3.63, 3.8) is 0 Å². The van der Waals surface area contributed by atoms with Crippen molar-refractivity contribution >= 4 is 5.78 Å². The largest absolute Gasteiger partial charge is 0.291 e. The Labute approximate surface area is 64.3 Å². The molecule has 0 aromatic carbocycles. The Morgan fingerprint density at radius 2 is 2.64 bits per heavy atom. The zero-order valence-corrected chi connectivity index (χ0v) is 6.08. The molecule has 1 heterocycles. The van der Waals surface area contributed by atoms with Gasteiger partial charge in [-0.25, -0.2) is 4.98 Å². The van der Waals surface area contributed by atoms with Crippen LogP contribution in [-0.2, 0) is 0 Å². The van der Waals surface area contributed by atoms with Crippen LogP contribution in [0.25, 0.3) is 0 Å². The van der Waals surface area contributed by atoms with Crippen LogP contribution in [0.4, 0.5) is 0 Å². The molecule has 0 saturated heterocycles. The van der Waals surface area contributed by atoms with E-state index in [4.69, 9.17) is 0 Å². The number of nitrogens with one attached hydrogen (secondary N) is 1. The summed E-state index contributed by atoms with van der Waals surface area (Å²) in [5.41, 5.74) is 0. The molecule has 0 radical (unpaired) electrons. The summed E-state index contributed by atoms with van der Waals surface area (Å²) in [7, 11) is 0. The van der Waals surface area contributed by atoms with Gasteiger partial charge < -0.3 is 0 Å². The summed E-state index contributed by atoms with van der Waals surface area (Å²) in [5, 5.41) is 6.07. The zero-order chi connectivity index (χ0) is 8.10. The first kappa shape index (κ1) is 7.65. The number of carbonyl (C=O) groups excluding carboxylic acids is 1. The zero-order valence-electron chi connectivity index (χ0n) is 6.08. The predicted molar refractivity (Wildman–Crippen MR) is 40.1 cm³/mol.